The fraction of sp³-hybridized carbons (Fsp3) is 0.367. The van der Waals surface area contributed by atoms with Gasteiger partial charge >= 0.3 is 0 Å². The number of nitrogens with zero attached hydrogens (tertiary/aromatic N) is 5. The van der Waals surface area contributed by atoms with Gasteiger partial charge in [0.15, 0.2) is 11.6 Å². The van der Waals surface area contributed by atoms with Crippen LogP contribution in [0.5, 0.6) is 0 Å². The number of aromatic nitrogens is 6. The number of piperidine rings is 1. The molecule has 9 heteroatoms. The number of rotatable bonds is 5. The maximum absolute atomic E-state index is 14.5. The lowest BCUT2D eigenvalue weighted by molar-refractivity contribution is 0.236. The lowest BCUT2D eigenvalue weighted by Gasteiger charge is -2.40. The Hall–Kier alpha value is -3.98. The summed E-state index contributed by atoms with van der Waals surface area (Å²) < 4.78 is 14.5. The van der Waals surface area contributed by atoms with E-state index in [1.54, 1.807) is 18.5 Å². The molecule has 6 heterocycles. The number of nitrogens with one attached hydrogen (secondary N) is 3. The van der Waals surface area contributed by atoms with Gasteiger partial charge in [0.2, 0.25) is 0 Å². The number of hydrogen-bond donors (Lipinski definition) is 3. The van der Waals surface area contributed by atoms with Crippen molar-refractivity contribution >= 4 is 27.8 Å². The zero-order valence-corrected chi connectivity index (χ0v) is 22.1. The van der Waals surface area contributed by atoms with Crippen LogP contribution in [0.2, 0.25) is 0 Å². The van der Waals surface area contributed by atoms with Crippen LogP contribution in [-0.4, -0.2) is 49.0 Å². The molecule has 0 bridgehead atoms. The van der Waals surface area contributed by atoms with Crippen LogP contribution in [0, 0.1) is 11.2 Å². The molecule has 7 rings (SSSR count). The van der Waals surface area contributed by atoms with E-state index in [1.165, 1.54) is 30.9 Å². The first-order valence-corrected chi connectivity index (χ1v) is 13.7. The predicted octanol–water partition coefficient (Wildman–Crippen LogP) is 5.84. The minimum Gasteiger partial charge on any atom is -0.366 e. The Morgan fingerprint density at radius 2 is 1.95 bits per heavy atom. The van der Waals surface area contributed by atoms with Crippen LogP contribution in [0.4, 0.5) is 10.2 Å². The third kappa shape index (κ3) is 4.21. The third-order valence-corrected chi connectivity index (χ3v) is 8.41. The molecule has 1 saturated heterocycles. The lowest BCUT2D eigenvalue weighted by Crippen LogP contribution is -2.49. The van der Waals surface area contributed by atoms with E-state index in [9.17, 15) is 4.39 Å². The second-order valence-electron chi connectivity index (χ2n) is 11.4. The van der Waals surface area contributed by atoms with Crippen LogP contribution in [0.1, 0.15) is 51.0 Å². The molecule has 5 aromatic rings. The normalized spacial score (nSPS) is 19.3. The summed E-state index contributed by atoms with van der Waals surface area (Å²) in [6.45, 7) is 6.49. The Morgan fingerprint density at radius 3 is 2.74 bits per heavy atom. The van der Waals surface area contributed by atoms with E-state index in [2.05, 4.69) is 44.4 Å². The molecule has 5 aromatic heterocycles. The van der Waals surface area contributed by atoms with E-state index in [0.29, 0.717) is 23.1 Å². The maximum atomic E-state index is 14.5. The van der Waals surface area contributed by atoms with Crippen molar-refractivity contribution in [3.05, 3.63) is 60.4 Å². The Bertz CT molecular complexity index is 1690. The standard InChI is InChI=1S/C30H31FN8/c1-30(2)16-32-11-9-24(30)38-29-25-20(17-5-3-6-17)14-33-15-23(25)37-28(39-29)18-8-12-35-27-19(18)13-22(36-27)26-21(31)7-4-10-34-26/h4,7-8,10,12-15,17,24,32H,3,5-6,9,11,16H2,1-2H3,(H,35,36)(H,37,38,39)/t24-/m0/s1. The minimum atomic E-state index is -0.391. The molecule has 2 fully saturated rings. The summed E-state index contributed by atoms with van der Waals surface area (Å²) >= 11 is 0. The molecule has 0 aromatic carbocycles. The fourth-order valence-corrected chi connectivity index (χ4v) is 5.90. The Kier molecular flexibility index (Phi) is 5.77. The van der Waals surface area contributed by atoms with E-state index in [0.717, 1.165) is 47.2 Å². The van der Waals surface area contributed by atoms with E-state index in [4.69, 9.17) is 9.97 Å². The highest BCUT2D eigenvalue weighted by Crippen LogP contribution is 2.42. The van der Waals surface area contributed by atoms with Gasteiger partial charge in [-0.15, -0.1) is 0 Å². The molecule has 3 N–H and O–H groups in total. The van der Waals surface area contributed by atoms with Gasteiger partial charge in [-0.25, -0.2) is 19.3 Å². The summed E-state index contributed by atoms with van der Waals surface area (Å²) in [5.41, 5.74) is 4.39. The SMILES string of the molecule is CC1(C)CNCC[C@@H]1Nc1nc(-c2ccnc3[nH]c(-c4ncccc4F)cc23)nc2cncc(C3CCC3)c12. The van der Waals surface area contributed by atoms with Crippen LogP contribution in [-0.2, 0) is 0 Å². The molecule has 8 nitrogen and oxygen atoms in total. The highest BCUT2D eigenvalue weighted by molar-refractivity contribution is 5.98. The van der Waals surface area contributed by atoms with Crippen molar-refractivity contribution in [1.82, 2.24) is 35.2 Å². The van der Waals surface area contributed by atoms with Gasteiger partial charge in [-0.1, -0.05) is 20.3 Å². The molecule has 0 spiro atoms. The van der Waals surface area contributed by atoms with Crippen molar-refractivity contribution in [2.45, 2.75) is 51.5 Å². The summed E-state index contributed by atoms with van der Waals surface area (Å²) in [4.78, 5) is 26.8. The summed E-state index contributed by atoms with van der Waals surface area (Å²) in [6, 6.07) is 7.04. The average Bonchev–Trinajstić information content (AvgIpc) is 3.33. The summed E-state index contributed by atoms with van der Waals surface area (Å²) in [5.74, 6) is 1.54. The maximum Gasteiger partial charge on any atom is 0.163 e. The zero-order valence-electron chi connectivity index (χ0n) is 22.1. The van der Waals surface area contributed by atoms with E-state index >= 15 is 0 Å². The molecular formula is C30H31FN8. The molecule has 1 aliphatic heterocycles. The van der Waals surface area contributed by atoms with Crippen molar-refractivity contribution < 1.29 is 4.39 Å². The average molecular weight is 523 g/mol. The second-order valence-corrected chi connectivity index (χ2v) is 11.4. The number of hydrogen-bond acceptors (Lipinski definition) is 7. The Morgan fingerprint density at radius 1 is 1.05 bits per heavy atom. The van der Waals surface area contributed by atoms with Crippen LogP contribution in [0.25, 0.3) is 44.7 Å². The predicted molar refractivity (Wildman–Crippen MR) is 151 cm³/mol. The summed E-state index contributed by atoms with van der Waals surface area (Å²) in [6.07, 6.45) is 11.7. The van der Waals surface area contributed by atoms with Gasteiger partial charge in [-0.3, -0.25) is 9.97 Å². The van der Waals surface area contributed by atoms with Crippen molar-refractivity contribution in [2.75, 3.05) is 18.4 Å². The first kappa shape index (κ1) is 24.1. The van der Waals surface area contributed by atoms with Crippen molar-refractivity contribution in [3.8, 4) is 22.8 Å². The van der Waals surface area contributed by atoms with Crippen molar-refractivity contribution in [3.63, 3.8) is 0 Å². The monoisotopic (exact) mass is 522 g/mol. The van der Waals surface area contributed by atoms with Crippen LogP contribution >= 0.6 is 0 Å². The van der Waals surface area contributed by atoms with Gasteiger partial charge in [0.05, 0.1) is 17.4 Å². The molecule has 0 radical (unpaired) electrons. The first-order chi connectivity index (χ1) is 19.0. The quantitative estimate of drug-likeness (QED) is 0.266. The highest BCUT2D eigenvalue weighted by Gasteiger charge is 2.34. The van der Waals surface area contributed by atoms with Gasteiger partial charge in [0.1, 0.15) is 17.2 Å². The van der Waals surface area contributed by atoms with E-state index in [-0.39, 0.29) is 17.2 Å². The fourth-order valence-electron chi connectivity index (χ4n) is 5.90. The van der Waals surface area contributed by atoms with E-state index < -0.39 is 5.82 Å². The van der Waals surface area contributed by atoms with Gasteiger partial charge in [-0.05, 0) is 67.0 Å². The van der Waals surface area contributed by atoms with Gasteiger partial charge in [0.25, 0.3) is 0 Å². The van der Waals surface area contributed by atoms with Crippen molar-refractivity contribution in [2.24, 2.45) is 5.41 Å². The molecular weight excluding hydrogens is 491 g/mol. The van der Waals surface area contributed by atoms with Crippen LogP contribution in [0.3, 0.4) is 0 Å². The number of H-pyrrole nitrogens is 1. The molecule has 1 saturated carbocycles. The topological polar surface area (TPSA) is 104 Å². The molecule has 1 aliphatic carbocycles. The zero-order chi connectivity index (χ0) is 26.6. The minimum absolute atomic E-state index is 0.0611. The molecule has 0 amide bonds. The number of aromatic amines is 1. The highest BCUT2D eigenvalue weighted by atomic mass is 19.1. The molecule has 1 atom stereocenters. The molecule has 39 heavy (non-hydrogen) atoms. The van der Waals surface area contributed by atoms with Crippen LogP contribution in [0.15, 0.2) is 49.1 Å². The number of halogens is 1. The Labute approximate surface area is 225 Å². The molecule has 198 valence electrons. The van der Waals surface area contributed by atoms with Gasteiger partial charge in [0, 0.05) is 47.5 Å². The number of anilines is 1. The Balaban J connectivity index is 1.40. The largest absolute Gasteiger partial charge is 0.366 e. The lowest BCUT2D eigenvalue weighted by atomic mass is 9.78. The molecule has 0 unspecified atom stereocenters. The van der Waals surface area contributed by atoms with E-state index in [1.807, 2.05) is 24.5 Å². The number of fused-ring (bicyclic) bond motifs is 2. The van der Waals surface area contributed by atoms with Gasteiger partial charge < -0.3 is 15.6 Å². The summed E-state index contributed by atoms with van der Waals surface area (Å²) in [5, 5.41) is 9.27. The van der Waals surface area contributed by atoms with Crippen LogP contribution < -0.4 is 10.6 Å². The molecule has 2 aliphatic rings. The first-order valence-electron chi connectivity index (χ1n) is 13.7. The number of pyridine rings is 3. The second kappa shape index (κ2) is 9.34. The van der Waals surface area contributed by atoms with Crippen molar-refractivity contribution in [1.29, 1.82) is 0 Å². The smallest absolute Gasteiger partial charge is 0.163 e. The van der Waals surface area contributed by atoms with Gasteiger partial charge in [-0.2, -0.15) is 0 Å². The summed E-state index contributed by atoms with van der Waals surface area (Å²) in [7, 11) is 0. The third-order valence-electron chi connectivity index (χ3n) is 8.41.